The first-order valence-electron chi connectivity index (χ1n) is 7.10. The first kappa shape index (κ1) is 14.8. The van der Waals surface area contributed by atoms with Gasteiger partial charge in [0.15, 0.2) is 0 Å². The lowest BCUT2D eigenvalue weighted by Gasteiger charge is -2.29. The fraction of sp³-hybridized carbons (Fsp3) is 0.333. The van der Waals surface area contributed by atoms with Crippen molar-refractivity contribution in [2.45, 2.75) is 39.5 Å². The molecule has 0 aliphatic rings. The molecule has 0 heterocycles. The molecule has 20 heavy (non-hydrogen) atoms. The van der Waals surface area contributed by atoms with Gasteiger partial charge in [0.05, 0.1) is 6.61 Å². The molecule has 0 fully saturated rings. The van der Waals surface area contributed by atoms with E-state index in [2.05, 4.69) is 39.0 Å². The second-order valence-corrected chi connectivity index (χ2v) is 5.26. The van der Waals surface area contributed by atoms with Crippen LogP contribution in [0.5, 0.6) is 0 Å². The van der Waals surface area contributed by atoms with Crippen LogP contribution in [0.1, 0.15) is 35.6 Å². The van der Waals surface area contributed by atoms with Crippen LogP contribution in [0.3, 0.4) is 0 Å². The Morgan fingerprint density at radius 3 is 2.35 bits per heavy atom. The molecular formula is C18H23NO. The molecule has 0 saturated carbocycles. The van der Waals surface area contributed by atoms with E-state index in [-0.39, 0.29) is 0 Å². The van der Waals surface area contributed by atoms with Crippen LogP contribution in [0.4, 0.5) is 0 Å². The van der Waals surface area contributed by atoms with Crippen LogP contribution < -0.4 is 5.73 Å². The van der Waals surface area contributed by atoms with E-state index in [1.165, 1.54) is 16.7 Å². The maximum atomic E-state index is 6.43. The highest BCUT2D eigenvalue weighted by atomic mass is 16.5. The third-order valence-corrected chi connectivity index (χ3v) is 3.99. The monoisotopic (exact) mass is 269 g/mol. The van der Waals surface area contributed by atoms with Crippen LogP contribution in [0.15, 0.2) is 48.5 Å². The van der Waals surface area contributed by atoms with Crippen molar-refractivity contribution in [1.29, 1.82) is 0 Å². The van der Waals surface area contributed by atoms with Gasteiger partial charge >= 0.3 is 0 Å². The predicted molar refractivity (Wildman–Crippen MR) is 83.3 cm³/mol. The van der Waals surface area contributed by atoms with Gasteiger partial charge in [-0.15, -0.1) is 0 Å². The molecule has 0 bridgehead atoms. The Morgan fingerprint density at radius 1 is 1.00 bits per heavy atom. The highest BCUT2D eigenvalue weighted by molar-refractivity contribution is 5.32. The second-order valence-electron chi connectivity index (χ2n) is 5.26. The van der Waals surface area contributed by atoms with E-state index in [9.17, 15) is 0 Å². The largest absolute Gasteiger partial charge is 0.352 e. The summed E-state index contributed by atoms with van der Waals surface area (Å²) in [5, 5.41) is 0. The molecule has 0 aliphatic heterocycles. The van der Waals surface area contributed by atoms with Crippen LogP contribution in [-0.2, 0) is 17.1 Å². The predicted octanol–water partition coefficient (Wildman–Crippen LogP) is 4.04. The molecule has 0 saturated heterocycles. The number of rotatable bonds is 5. The van der Waals surface area contributed by atoms with Crippen molar-refractivity contribution in [3.63, 3.8) is 0 Å². The van der Waals surface area contributed by atoms with E-state index in [1.807, 2.05) is 30.3 Å². The maximum Gasteiger partial charge on any atom is 0.143 e. The third-order valence-electron chi connectivity index (χ3n) is 3.99. The standard InChI is InChI=1S/C18H23NO/c1-4-18(19,17-11-6-5-7-12-17)20-13-16-10-8-9-14(2)15(16)3/h5-12H,4,13,19H2,1-3H3. The molecule has 0 radical (unpaired) electrons. The van der Waals surface area contributed by atoms with Gasteiger partial charge in [-0.2, -0.15) is 0 Å². The summed E-state index contributed by atoms with van der Waals surface area (Å²) in [7, 11) is 0. The fourth-order valence-corrected chi connectivity index (χ4v) is 2.28. The Morgan fingerprint density at radius 2 is 1.70 bits per heavy atom. The van der Waals surface area contributed by atoms with Crippen molar-refractivity contribution in [3.05, 3.63) is 70.8 Å². The van der Waals surface area contributed by atoms with Gasteiger partial charge in [0.2, 0.25) is 0 Å². The Kier molecular flexibility index (Phi) is 4.58. The number of aryl methyl sites for hydroxylation is 1. The summed E-state index contributed by atoms with van der Waals surface area (Å²) in [4.78, 5) is 0. The molecule has 2 aromatic carbocycles. The molecule has 2 heteroatoms. The van der Waals surface area contributed by atoms with Gasteiger partial charge in [0, 0.05) is 0 Å². The third kappa shape index (κ3) is 3.09. The minimum Gasteiger partial charge on any atom is -0.352 e. The summed E-state index contributed by atoms with van der Waals surface area (Å²) < 4.78 is 6.06. The number of hydrogen-bond donors (Lipinski definition) is 1. The highest BCUT2D eigenvalue weighted by Crippen LogP contribution is 2.25. The van der Waals surface area contributed by atoms with E-state index in [0.717, 1.165) is 12.0 Å². The fourth-order valence-electron chi connectivity index (χ4n) is 2.28. The van der Waals surface area contributed by atoms with Crippen LogP contribution >= 0.6 is 0 Å². The Hall–Kier alpha value is -1.64. The second kappa shape index (κ2) is 6.21. The topological polar surface area (TPSA) is 35.2 Å². The van der Waals surface area contributed by atoms with Crippen molar-refractivity contribution >= 4 is 0 Å². The summed E-state index contributed by atoms with van der Waals surface area (Å²) in [6.45, 7) is 6.83. The first-order chi connectivity index (χ1) is 9.57. The minimum absolute atomic E-state index is 0.534. The van der Waals surface area contributed by atoms with Gasteiger partial charge in [-0.3, -0.25) is 5.73 Å². The summed E-state index contributed by atoms with van der Waals surface area (Å²) in [6, 6.07) is 16.3. The van der Waals surface area contributed by atoms with Gasteiger partial charge in [0.1, 0.15) is 5.72 Å². The minimum atomic E-state index is -0.725. The molecule has 2 rings (SSSR count). The van der Waals surface area contributed by atoms with Gasteiger partial charge in [-0.1, -0.05) is 55.5 Å². The molecule has 2 N–H and O–H groups in total. The van der Waals surface area contributed by atoms with E-state index in [0.29, 0.717) is 6.61 Å². The lowest BCUT2D eigenvalue weighted by molar-refractivity contribution is -0.0610. The summed E-state index contributed by atoms with van der Waals surface area (Å²) in [6.07, 6.45) is 0.738. The quantitative estimate of drug-likeness (QED) is 0.831. The van der Waals surface area contributed by atoms with Gasteiger partial charge in [-0.25, -0.2) is 0 Å². The van der Waals surface area contributed by atoms with Crippen LogP contribution in [0.25, 0.3) is 0 Å². The maximum absolute atomic E-state index is 6.43. The Balaban J connectivity index is 2.17. The zero-order valence-electron chi connectivity index (χ0n) is 12.5. The zero-order chi connectivity index (χ0) is 14.6. The summed E-state index contributed by atoms with van der Waals surface area (Å²) in [5.74, 6) is 0. The SMILES string of the molecule is CCC(N)(OCc1cccc(C)c1C)c1ccccc1. The van der Waals surface area contributed by atoms with E-state index >= 15 is 0 Å². The summed E-state index contributed by atoms with van der Waals surface area (Å²) in [5.41, 5.74) is 10.5. The van der Waals surface area contributed by atoms with Crippen molar-refractivity contribution < 1.29 is 4.74 Å². The van der Waals surface area contributed by atoms with E-state index in [1.54, 1.807) is 0 Å². The Bertz CT molecular complexity index is 565. The van der Waals surface area contributed by atoms with Gasteiger partial charge in [0.25, 0.3) is 0 Å². The molecule has 0 spiro atoms. The Labute approximate surface area is 121 Å². The lowest BCUT2D eigenvalue weighted by atomic mass is 10.0. The highest BCUT2D eigenvalue weighted by Gasteiger charge is 2.26. The number of hydrogen-bond acceptors (Lipinski definition) is 2. The molecule has 0 amide bonds. The molecule has 0 aromatic heterocycles. The summed E-state index contributed by atoms with van der Waals surface area (Å²) >= 11 is 0. The van der Waals surface area contributed by atoms with Crippen molar-refractivity contribution in [3.8, 4) is 0 Å². The number of nitrogens with two attached hydrogens (primary N) is 1. The van der Waals surface area contributed by atoms with Crippen molar-refractivity contribution in [1.82, 2.24) is 0 Å². The zero-order valence-corrected chi connectivity index (χ0v) is 12.5. The molecule has 106 valence electrons. The van der Waals surface area contributed by atoms with Crippen LogP contribution in [-0.4, -0.2) is 0 Å². The molecule has 2 nitrogen and oxygen atoms in total. The molecule has 2 aromatic rings. The van der Waals surface area contributed by atoms with Crippen LogP contribution in [0.2, 0.25) is 0 Å². The lowest BCUT2D eigenvalue weighted by Crippen LogP contribution is -2.38. The normalized spacial score (nSPS) is 14.0. The number of ether oxygens (including phenoxy) is 1. The molecular weight excluding hydrogens is 246 g/mol. The van der Waals surface area contributed by atoms with Crippen molar-refractivity contribution in [2.24, 2.45) is 5.73 Å². The number of benzene rings is 2. The first-order valence-corrected chi connectivity index (χ1v) is 7.10. The molecule has 1 atom stereocenters. The van der Waals surface area contributed by atoms with E-state index < -0.39 is 5.72 Å². The van der Waals surface area contributed by atoms with Crippen molar-refractivity contribution in [2.75, 3.05) is 0 Å². The van der Waals surface area contributed by atoms with Gasteiger partial charge < -0.3 is 4.74 Å². The average molecular weight is 269 g/mol. The molecule has 0 aliphatic carbocycles. The van der Waals surface area contributed by atoms with Crippen LogP contribution in [0, 0.1) is 13.8 Å². The average Bonchev–Trinajstić information content (AvgIpc) is 2.49. The van der Waals surface area contributed by atoms with Gasteiger partial charge in [-0.05, 0) is 42.5 Å². The van der Waals surface area contributed by atoms with E-state index in [4.69, 9.17) is 10.5 Å². The smallest absolute Gasteiger partial charge is 0.143 e. The molecule has 1 unspecified atom stereocenters.